The summed E-state index contributed by atoms with van der Waals surface area (Å²) in [6, 6.07) is 0.550. The maximum atomic E-state index is 6.06. The van der Waals surface area contributed by atoms with Gasteiger partial charge in [0.25, 0.3) is 0 Å². The number of nitrogens with one attached hydrogen (secondary N) is 1. The van der Waals surface area contributed by atoms with Crippen LogP contribution in [-0.2, 0) is 4.74 Å². The number of likely N-dealkylation sites (N-methyl/N-ethyl adjacent to an activating group) is 1. The number of hydrogen-bond donors (Lipinski definition) is 1. The van der Waals surface area contributed by atoms with Gasteiger partial charge in [0.05, 0.1) is 12.2 Å². The molecule has 0 aromatic heterocycles. The largest absolute Gasteiger partial charge is 0.372 e. The first-order chi connectivity index (χ1) is 8.61. The van der Waals surface area contributed by atoms with Gasteiger partial charge in [0.2, 0.25) is 0 Å². The molecule has 18 heavy (non-hydrogen) atoms. The lowest BCUT2D eigenvalue weighted by atomic mass is 10.2. The summed E-state index contributed by atoms with van der Waals surface area (Å²) < 4.78 is 6.06. The van der Waals surface area contributed by atoms with Gasteiger partial charge < -0.3 is 15.0 Å². The van der Waals surface area contributed by atoms with E-state index in [9.17, 15) is 0 Å². The number of hydrogen-bond acceptors (Lipinski definition) is 3. The SMILES string of the molecule is C=CCCCN(C)CC1CCC(CNC(C)C)O1. The van der Waals surface area contributed by atoms with Crippen LogP contribution in [0.4, 0.5) is 0 Å². The molecule has 3 heteroatoms. The van der Waals surface area contributed by atoms with Crippen LogP contribution < -0.4 is 5.32 Å². The van der Waals surface area contributed by atoms with E-state index >= 15 is 0 Å². The molecule has 1 aliphatic heterocycles. The standard InChI is InChI=1S/C15H30N2O/c1-5-6-7-10-17(4)12-15-9-8-14(18-15)11-16-13(2)3/h5,13-16H,1,6-12H2,2-4H3. The zero-order chi connectivity index (χ0) is 13.4. The van der Waals surface area contributed by atoms with Crippen molar-refractivity contribution in [2.45, 2.75) is 57.8 Å². The highest BCUT2D eigenvalue weighted by atomic mass is 16.5. The molecule has 0 saturated carbocycles. The van der Waals surface area contributed by atoms with Crippen LogP contribution in [-0.4, -0.2) is 49.8 Å². The maximum Gasteiger partial charge on any atom is 0.0707 e. The van der Waals surface area contributed by atoms with E-state index in [1.165, 1.54) is 19.3 Å². The van der Waals surface area contributed by atoms with Crippen LogP contribution in [0.15, 0.2) is 12.7 Å². The van der Waals surface area contributed by atoms with Crippen molar-refractivity contribution in [3.8, 4) is 0 Å². The molecule has 0 spiro atoms. The Morgan fingerprint density at radius 1 is 1.39 bits per heavy atom. The molecule has 106 valence electrons. The lowest BCUT2D eigenvalue weighted by molar-refractivity contribution is 0.0270. The van der Waals surface area contributed by atoms with Crippen molar-refractivity contribution in [1.82, 2.24) is 10.2 Å². The summed E-state index contributed by atoms with van der Waals surface area (Å²) in [6.45, 7) is 11.3. The summed E-state index contributed by atoms with van der Waals surface area (Å²) in [7, 11) is 2.19. The van der Waals surface area contributed by atoms with Crippen molar-refractivity contribution in [3.63, 3.8) is 0 Å². The van der Waals surface area contributed by atoms with Crippen LogP contribution in [0.25, 0.3) is 0 Å². The summed E-state index contributed by atoms with van der Waals surface area (Å²) in [4.78, 5) is 2.38. The summed E-state index contributed by atoms with van der Waals surface area (Å²) in [5.41, 5.74) is 0. The zero-order valence-electron chi connectivity index (χ0n) is 12.3. The molecule has 2 atom stereocenters. The Bertz CT molecular complexity index is 231. The van der Waals surface area contributed by atoms with Gasteiger partial charge in [0, 0.05) is 19.1 Å². The van der Waals surface area contributed by atoms with Crippen molar-refractivity contribution in [2.75, 3.05) is 26.7 Å². The summed E-state index contributed by atoms with van der Waals surface area (Å²) in [5.74, 6) is 0. The Morgan fingerprint density at radius 3 is 2.78 bits per heavy atom. The highest BCUT2D eigenvalue weighted by Crippen LogP contribution is 2.20. The van der Waals surface area contributed by atoms with Gasteiger partial charge in [-0.2, -0.15) is 0 Å². The molecule has 0 aromatic rings. The van der Waals surface area contributed by atoms with Crippen molar-refractivity contribution in [1.29, 1.82) is 0 Å². The Labute approximate surface area is 113 Å². The molecule has 1 aliphatic rings. The summed E-state index contributed by atoms with van der Waals surface area (Å²) >= 11 is 0. The molecule has 0 amide bonds. The Morgan fingerprint density at radius 2 is 2.11 bits per heavy atom. The molecular formula is C15H30N2O. The first-order valence-corrected chi connectivity index (χ1v) is 7.30. The third-order valence-electron chi connectivity index (χ3n) is 3.41. The molecule has 1 rings (SSSR count). The third kappa shape index (κ3) is 6.53. The lowest BCUT2D eigenvalue weighted by Gasteiger charge is -2.21. The molecule has 2 unspecified atom stereocenters. The number of unbranched alkanes of at least 4 members (excludes halogenated alkanes) is 1. The third-order valence-corrected chi connectivity index (χ3v) is 3.41. The van der Waals surface area contributed by atoms with E-state index in [2.05, 4.69) is 37.7 Å². The predicted octanol–water partition coefficient (Wildman–Crippen LogP) is 2.43. The molecule has 1 fully saturated rings. The van der Waals surface area contributed by atoms with Gasteiger partial charge >= 0.3 is 0 Å². The van der Waals surface area contributed by atoms with E-state index in [1.54, 1.807) is 0 Å². The van der Waals surface area contributed by atoms with E-state index in [0.717, 1.165) is 26.1 Å². The molecule has 3 nitrogen and oxygen atoms in total. The van der Waals surface area contributed by atoms with Crippen molar-refractivity contribution < 1.29 is 4.74 Å². The fourth-order valence-electron chi connectivity index (χ4n) is 2.38. The molecule has 1 heterocycles. The van der Waals surface area contributed by atoms with Crippen LogP contribution in [0.3, 0.4) is 0 Å². The van der Waals surface area contributed by atoms with Gasteiger partial charge in [-0.3, -0.25) is 0 Å². The predicted molar refractivity (Wildman–Crippen MR) is 78.0 cm³/mol. The topological polar surface area (TPSA) is 24.5 Å². The van der Waals surface area contributed by atoms with Crippen molar-refractivity contribution in [2.24, 2.45) is 0 Å². The first kappa shape index (κ1) is 15.7. The van der Waals surface area contributed by atoms with E-state index in [0.29, 0.717) is 18.2 Å². The molecule has 1 N–H and O–H groups in total. The van der Waals surface area contributed by atoms with E-state index < -0.39 is 0 Å². The maximum absolute atomic E-state index is 6.06. The van der Waals surface area contributed by atoms with Gasteiger partial charge in [-0.1, -0.05) is 19.9 Å². The molecule has 0 bridgehead atoms. The van der Waals surface area contributed by atoms with E-state index in [-0.39, 0.29) is 0 Å². The Hall–Kier alpha value is -0.380. The zero-order valence-corrected chi connectivity index (χ0v) is 12.3. The molecule has 0 aromatic carbocycles. The van der Waals surface area contributed by atoms with Gasteiger partial charge in [0.15, 0.2) is 0 Å². The smallest absolute Gasteiger partial charge is 0.0707 e. The van der Waals surface area contributed by atoms with Gasteiger partial charge in [-0.25, -0.2) is 0 Å². The van der Waals surface area contributed by atoms with Gasteiger partial charge in [-0.05, 0) is 39.3 Å². The average Bonchev–Trinajstić information content (AvgIpc) is 2.74. The van der Waals surface area contributed by atoms with Crippen LogP contribution in [0.5, 0.6) is 0 Å². The highest BCUT2D eigenvalue weighted by molar-refractivity contribution is 4.78. The fourth-order valence-corrected chi connectivity index (χ4v) is 2.38. The van der Waals surface area contributed by atoms with E-state index in [1.807, 2.05) is 6.08 Å². The lowest BCUT2D eigenvalue weighted by Crippen LogP contribution is -2.34. The monoisotopic (exact) mass is 254 g/mol. The molecule has 1 saturated heterocycles. The second-order valence-corrected chi connectivity index (χ2v) is 5.71. The Kier molecular flexibility index (Phi) is 7.56. The van der Waals surface area contributed by atoms with Gasteiger partial charge in [0.1, 0.15) is 0 Å². The first-order valence-electron chi connectivity index (χ1n) is 7.30. The average molecular weight is 254 g/mol. The van der Waals surface area contributed by atoms with Crippen LogP contribution in [0.1, 0.15) is 39.5 Å². The minimum absolute atomic E-state index is 0.416. The number of allylic oxidation sites excluding steroid dienone is 1. The molecule has 0 aliphatic carbocycles. The van der Waals surface area contributed by atoms with Crippen molar-refractivity contribution >= 4 is 0 Å². The Balaban J connectivity index is 2.11. The number of rotatable bonds is 9. The normalized spacial score (nSPS) is 24.1. The fraction of sp³-hybridized carbons (Fsp3) is 0.867. The minimum Gasteiger partial charge on any atom is -0.372 e. The second kappa shape index (κ2) is 8.68. The second-order valence-electron chi connectivity index (χ2n) is 5.71. The summed E-state index contributed by atoms with van der Waals surface area (Å²) in [5, 5.41) is 3.45. The van der Waals surface area contributed by atoms with Crippen LogP contribution in [0.2, 0.25) is 0 Å². The number of nitrogens with zero attached hydrogens (tertiary/aromatic N) is 1. The van der Waals surface area contributed by atoms with Crippen molar-refractivity contribution in [3.05, 3.63) is 12.7 Å². The summed E-state index contributed by atoms with van der Waals surface area (Å²) in [6.07, 6.45) is 7.55. The van der Waals surface area contributed by atoms with Gasteiger partial charge in [-0.15, -0.1) is 6.58 Å². The highest BCUT2D eigenvalue weighted by Gasteiger charge is 2.25. The van der Waals surface area contributed by atoms with Crippen LogP contribution >= 0.6 is 0 Å². The molecule has 0 radical (unpaired) electrons. The number of ether oxygens (including phenoxy) is 1. The minimum atomic E-state index is 0.416. The van der Waals surface area contributed by atoms with E-state index in [4.69, 9.17) is 4.74 Å². The van der Waals surface area contributed by atoms with Crippen LogP contribution in [0, 0.1) is 0 Å². The molecular weight excluding hydrogens is 224 g/mol. The quantitative estimate of drug-likeness (QED) is 0.505.